The molecule has 7 nitrogen and oxygen atoms in total. The topological polar surface area (TPSA) is 66.0 Å². The van der Waals surface area contributed by atoms with E-state index in [-0.39, 0.29) is 11.8 Å². The van der Waals surface area contributed by atoms with Crippen LogP contribution in [0.5, 0.6) is 0 Å². The quantitative estimate of drug-likeness (QED) is 0.771. The van der Waals surface area contributed by atoms with Gasteiger partial charge in [-0.1, -0.05) is 6.07 Å². The molecule has 0 spiro atoms. The van der Waals surface area contributed by atoms with Crippen LogP contribution in [0.1, 0.15) is 41.9 Å². The number of carbonyl (C=O) groups excluding carboxylic acids is 2. The third-order valence-electron chi connectivity index (χ3n) is 6.50. The number of piperidine rings is 2. The standard InChI is InChI=1S/C22H32N4O3/c1-17-4-2-6-20(23-17)22(28)24-10-7-19(8-11-24)26-9-3-5-18(16-26)21(27)25-12-14-29-15-13-25/h2,4,6,18-19H,3,5,7-16H2,1H3/t18-/m0/s1. The van der Waals surface area contributed by atoms with E-state index in [4.69, 9.17) is 4.74 Å². The van der Waals surface area contributed by atoms with Gasteiger partial charge in [0.25, 0.3) is 5.91 Å². The summed E-state index contributed by atoms with van der Waals surface area (Å²) in [7, 11) is 0. The average Bonchev–Trinajstić information content (AvgIpc) is 2.79. The number of ether oxygens (including phenoxy) is 1. The van der Waals surface area contributed by atoms with Gasteiger partial charge in [-0.3, -0.25) is 14.5 Å². The van der Waals surface area contributed by atoms with Gasteiger partial charge in [0.1, 0.15) is 5.69 Å². The predicted molar refractivity (Wildman–Crippen MR) is 110 cm³/mol. The van der Waals surface area contributed by atoms with Gasteiger partial charge in [0, 0.05) is 44.5 Å². The van der Waals surface area contributed by atoms with E-state index in [1.165, 1.54) is 0 Å². The molecule has 0 radical (unpaired) electrons. The number of morpholine rings is 1. The Kier molecular flexibility index (Phi) is 6.45. The van der Waals surface area contributed by atoms with Gasteiger partial charge in [0.05, 0.1) is 19.1 Å². The minimum absolute atomic E-state index is 0.0335. The lowest BCUT2D eigenvalue weighted by molar-refractivity contribution is -0.141. The number of nitrogens with zero attached hydrogens (tertiary/aromatic N) is 4. The van der Waals surface area contributed by atoms with Gasteiger partial charge in [-0.05, 0) is 51.3 Å². The normalized spacial score (nSPS) is 24.5. The number of hydrogen-bond donors (Lipinski definition) is 0. The summed E-state index contributed by atoms with van der Waals surface area (Å²) >= 11 is 0. The van der Waals surface area contributed by atoms with Crippen LogP contribution in [0.3, 0.4) is 0 Å². The van der Waals surface area contributed by atoms with E-state index in [1.807, 2.05) is 28.9 Å². The van der Waals surface area contributed by atoms with Gasteiger partial charge in [-0.25, -0.2) is 4.98 Å². The molecule has 3 aliphatic heterocycles. The largest absolute Gasteiger partial charge is 0.378 e. The number of likely N-dealkylation sites (tertiary alicyclic amines) is 2. The zero-order chi connectivity index (χ0) is 20.2. The van der Waals surface area contributed by atoms with Crippen LogP contribution in [0.4, 0.5) is 0 Å². The molecule has 0 unspecified atom stereocenters. The monoisotopic (exact) mass is 400 g/mol. The minimum Gasteiger partial charge on any atom is -0.378 e. The van der Waals surface area contributed by atoms with Crippen LogP contribution in [-0.4, -0.2) is 90.0 Å². The van der Waals surface area contributed by atoms with E-state index < -0.39 is 0 Å². The highest BCUT2D eigenvalue weighted by atomic mass is 16.5. The molecule has 0 aromatic carbocycles. The molecule has 1 aromatic heterocycles. The van der Waals surface area contributed by atoms with Crippen LogP contribution in [0.25, 0.3) is 0 Å². The third-order valence-corrected chi connectivity index (χ3v) is 6.50. The Morgan fingerprint density at radius 2 is 1.76 bits per heavy atom. The number of hydrogen-bond acceptors (Lipinski definition) is 5. The third kappa shape index (κ3) is 4.78. The van der Waals surface area contributed by atoms with Crippen molar-refractivity contribution in [2.75, 3.05) is 52.5 Å². The Balaban J connectivity index is 1.30. The fraction of sp³-hybridized carbons (Fsp3) is 0.682. The molecule has 29 heavy (non-hydrogen) atoms. The zero-order valence-corrected chi connectivity index (χ0v) is 17.4. The van der Waals surface area contributed by atoms with Crippen molar-refractivity contribution in [1.29, 1.82) is 0 Å². The van der Waals surface area contributed by atoms with Crippen LogP contribution < -0.4 is 0 Å². The smallest absolute Gasteiger partial charge is 0.272 e. The maximum absolute atomic E-state index is 12.9. The molecule has 2 amide bonds. The predicted octanol–water partition coefficient (Wildman–Crippen LogP) is 1.57. The lowest BCUT2D eigenvalue weighted by atomic mass is 9.92. The van der Waals surface area contributed by atoms with Crippen LogP contribution in [0, 0.1) is 12.8 Å². The summed E-state index contributed by atoms with van der Waals surface area (Å²) in [4.78, 5) is 36.4. The maximum Gasteiger partial charge on any atom is 0.272 e. The molecular weight excluding hydrogens is 368 g/mol. The molecule has 3 fully saturated rings. The second kappa shape index (κ2) is 9.22. The van der Waals surface area contributed by atoms with E-state index >= 15 is 0 Å². The molecule has 0 N–H and O–H groups in total. The van der Waals surface area contributed by atoms with Gasteiger partial charge in [0.2, 0.25) is 5.91 Å². The summed E-state index contributed by atoms with van der Waals surface area (Å²) in [5, 5.41) is 0. The summed E-state index contributed by atoms with van der Waals surface area (Å²) in [5.41, 5.74) is 1.41. The SMILES string of the molecule is Cc1cccc(C(=O)N2CCC(N3CCC[C@H](C(=O)N4CCOCC4)C3)CC2)n1. The average molecular weight is 401 g/mol. The second-order valence-corrected chi connectivity index (χ2v) is 8.46. The Morgan fingerprint density at radius 3 is 2.48 bits per heavy atom. The van der Waals surface area contributed by atoms with Crippen molar-refractivity contribution in [2.45, 2.75) is 38.6 Å². The molecule has 158 valence electrons. The van der Waals surface area contributed by atoms with Gasteiger partial charge in [-0.2, -0.15) is 0 Å². The summed E-state index contributed by atoms with van der Waals surface area (Å²) in [6.07, 6.45) is 4.00. The summed E-state index contributed by atoms with van der Waals surface area (Å²) < 4.78 is 5.38. The van der Waals surface area contributed by atoms with Crippen LogP contribution in [0.2, 0.25) is 0 Å². The molecule has 3 saturated heterocycles. The van der Waals surface area contributed by atoms with E-state index in [2.05, 4.69) is 9.88 Å². The van der Waals surface area contributed by atoms with Gasteiger partial charge in [0.15, 0.2) is 0 Å². The Labute approximate surface area is 173 Å². The van der Waals surface area contributed by atoms with Crippen molar-refractivity contribution in [3.05, 3.63) is 29.6 Å². The minimum atomic E-state index is 0.0335. The first-order chi connectivity index (χ1) is 14.1. The zero-order valence-electron chi connectivity index (χ0n) is 17.4. The van der Waals surface area contributed by atoms with Crippen LogP contribution >= 0.6 is 0 Å². The first-order valence-electron chi connectivity index (χ1n) is 11.0. The lowest BCUT2D eigenvalue weighted by Gasteiger charge is -2.43. The molecule has 4 heterocycles. The fourth-order valence-corrected chi connectivity index (χ4v) is 4.84. The molecule has 0 bridgehead atoms. The Hall–Kier alpha value is -1.99. The van der Waals surface area contributed by atoms with E-state index in [0.717, 1.165) is 70.6 Å². The fourth-order valence-electron chi connectivity index (χ4n) is 4.84. The highest BCUT2D eigenvalue weighted by Crippen LogP contribution is 2.26. The van der Waals surface area contributed by atoms with Crippen molar-refractivity contribution in [1.82, 2.24) is 19.7 Å². The molecule has 1 atom stereocenters. The molecular formula is C22H32N4O3. The number of aromatic nitrogens is 1. The van der Waals surface area contributed by atoms with Crippen LogP contribution in [-0.2, 0) is 9.53 Å². The molecule has 1 aromatic rings. The molecule has 0 saturated carbocycles. The number of carbonyl (C=O) groups is 2. The summed E-state index contributed by atoms with van der Waals surface area (Å²) in [5.74, 6) is 0.445. The lowest BCUT2D eigenvalue weighted by Crippen LogP contribution is -2.53. The molecule has 0 aliphatic carbocycles. The van der Waals surface area contributed by atoms with Crippen molar-refractivity contribution < 1.29 is 14.3 Å². The van der Waals surface area contributed by atoms with Gasteiger partial charge >= 0.3 is 0 Å². The Morgan fingerprint density at radius 1 is 1.00 bits per heavy atom. The molecule has 4 rings (SSSR count). The van der Waals surface area contributed by atoms with Crippen LogP contribution in [0.15, 0.2) is 18.2 Å². The van der Waals surface area contributed by atoms with E-state index in [9.17, 15) is 9.59 Å². The van der Waals surface area contributed by atoms with Gasteiger partial charge in [-0.15, -0.1) is 0 Å². The number of amides is 2. The van der Waals surface area contributed by atoms with Gasteiger partial charge < -0.3 is 14.5 Å². The molecule has 7 heteroatoms. The summed E-state index contributed by atoms with van der Waals surface area (Å²) in [6.45, 7) is 8.11. The Bertz CT molecular complexity index is 727. The second-order valence-electron chi connectivity index (χ2n) is 8.46. The van der Waals surface area contributed by atoms with Crippen molar-refractivity contribution in [2.24, 2.45) is 5.92 Å². The van der Waals surface area contributed by atoms with Crippen molar-refractivity contribution >= 4 is 11.8 Å². The maximum atomic E-state index is 12.9. The number of pyridine rings is 1. The number of rotatable bonds is 3. The number of aryl methyl sites for hydroxylation is 1. The highest BCUT2D eigenvalue weighted by Gasteiger charge is 2.34. The van der Waals surface area contributed by atoms with E-state index in [1.54, 1.807) is 6.07 Å². The first kappa shape index (κ1) is 20.3. The molecule has 3 aliphatic rings. The van der Waals surface area contributed by atoms with Crippen molar-refractivity contribution in [3.63, 3.8) is 0 Å². The van der Waals surface area contributed by atoms with Crippen molar-refractivity contribution in [3.8, 4) is 0 Å². The first-order valence-corrected chi connectivity index (χ1v) is 11.0. The van der Waals surface area contributed by atoms with E-state index in [0.29, 0.717) is 30.9 Å². The summed E-state index contributed by atoms with van der Waals surface area (Å²) in [6, 6.07) is 6.06. The highest BCUT2D eigenvalue weighted by molar-refractivity contribution is 5.92.